The lowest BCUT2D eigenvalue weighted by atomic mass is 9.86. The molecule has 0 amide bonds. The lowest BCUT2D eigenvalue weighted by molar-refractivity contribution is -0.00441. The molecule has 0 spiro atoms. The average molecular weight is 363 g/mol. The summed E-state index contributed by atoms with van der Waals surface area (Å²) in [7, 11) is -3.76. The van der Waals surface area contributed by atoms with Crippen LogP contribution < -0.4 is 0 Å². The predicted molar refractivity (Wildman–Crippen MR) is 94.2 cm³/mol. The van der Waals surface area contributed by atoms with Gasteiger partial charge in [-0.15, -0.1) is 0 Å². The van der Waals surface area contributed by atoms with Crippen LogP contribution in [0.2, 0.25) is 0 Å². The van der Waals surface area contributed by atoms with Crippen molar-refractivity contribution in [3.8, 4) is 0 Å². The van der Waals surface area contributed by atoms with E-state index in [1.807, 2.05) is 30.3 Å². The lowest BCUT2D eigenvalue weighted by Gasteiger charge is -2.37. The van der Waals surface area contributed by atoms with Crippen LogP contribution in [0.5, 0.6) is 0 Å². The number of hydrogen-bond acceptors (Lipinski definition) is 3. The average Bonchev–Trinajstić information content (AvgIpc) is 2.58. The topological polar surface area (TPSA) is 57.6 Å². The Morgan fingerprint density at radius 2 is 1.76 bits per heavy atom. The van der Waals surface area contributed by atoms with Crippen LogP contribution in [0.3, 0.4) is 0 Å². The Hall–Kier alpha value is -1.76. The molecule has 1 N–H and O–H groups in total. The third-order valence-corrected chi connectivity index (χ3v) is 6.84. The van der Waals surface area contributed by atoms with Gasteiger partial charge < -0.3 is 5.11 Å². The molecule has 134 valence electrons. The summed E-state index contributed by atoms with van der Waals surface area (Å²) in [5, 5.41) is 10.8. The number of nitrogens with zero attached hydrogens (tertiary/aromatic N) is 1. The van der Waals surface area contributed by atoms with Crippen molar-refractivity contribution in [3.63, 3.8) is 0 Å². The van der Waals surface area contributed by atoms with Gasteiger partial charge in [0.15, 0.2) is 0 Å². The molecule has 2 aromatic carbocycles. The fourth-order valence-corrected chi connectivity index (χ4v) is 4.96. The third kappa shape index (κ3) is 3.92. The van der Waals surface area contributed by atoms with Crippen LogP contribution in [-0.2, 0) is 16.4 Å². The number of sulfonamides is 1. The number of aliphatic hydroxyl groups is 1. The standard InChI is InChI=1S/C19H22FNO3S/c1-15-7-8-17(20)13-18(15)25(23,24)21-11-9-19(22,10-12-21)14-16-5-3-2-4-6-16/h2-8,13,22H,9-12,14H2,1H3. The number of hydrogen-bond donors (Lipinski definition) is 1. The molecule has 6 heteroatoms. The van der Waals surface area contributed by atoms with Gasteiger partial charge in [0.2, 0.25) is 10.0 Å². The minimum atomic E-state index is -3.76. The smallest absolute Gasteiger partial charge is 0.243 e. The maximum Gasteiger partial charge on any atom is 0.243 e. The molecule has 0 saturated carbocycles. The first-order valence-corrected chi connectivity index (χ1v) is 9.77. The Labute approximate surface area is 148 Å². The second-order valence-electron chi connectivity index (χ2n) is 6.70. The monoisotopic (exact) mass is 363 g/mol. The molecule has 1 aliphatic heterocycles. The van der Waals surface area contributed by atoms with Crippen molar-refractivity contribution in [2.45, 2.75) is 36.7 Å². The predicted octanol–water partition coefficient (Wildman–Crippen LogP) is 2.89. The molecule has 0 bridgehead atoms. The van der Waals surface area contributed by atoms with Crippen LogP contribution in [0, 0.1) is 12.7 Å². The van der Waals surface area contributed by atoms with Gasteiger partial charge in [0.05, 0.1) is 10.5 Å². The summed E-state index contributed by atoms with van der Waals surface area (Å²) in [5.74, 6) is -0.568. The zero-order valence-electron chi connectivity index (χ0n) is 14.2. The minimum absolute atomic E-state index is 0.000925. The molecule has 2 aromatic rings. The van der Waals surface area contributed by atoms with E-state index in [-0.39, 0.29) is 18.0 Å². The normalized spacial score (nSPS) is 18.2. The maximum absolute atomic E-state index is 13.5. The summed E-state index contributed by atoms with van der Waals surface area (Å²) < 4.78 is 40.4. The van der Waals surface area contributed by atoms with Gasteiger partial charge in [0.25, 0.3) is 0 Å². The Morgan fingerprint density at radius 1 is 1.12 bits per heavy atom. The first kappa shape index (κ1) is 18.0. The lowest BCUT2D eigenvalue weighted by Crippen LogP contribution is -2.47. The maximum atomic E-state index is 13.5. The van der Waals surface area contributed by atoms with Crippen LogP contribution in [0.15, 0.2) is 53.4 Å². The highest BCUT2D eigenvalue weighted by Gasteiger charge is 2.37. The fraction of sp³-hybridized carbons (Fsp3) is 0.368. The van der Waals surface area contributed by atoms with Gasteiger partial charge >= 0.3 is 0 Å². The zero-order valence-corrected chi connectivity index (χ0v) is 15.0. The Balaban J connectivity index is 1.74. The van der Waals surface area contributed by atoms with Gasteiger partial charge in [0, 0.05) is 19.5 Å². The van der Waals surface area contributed by atoms with Crippen LogP contribution >= 0.6 is 0 Å². The van der Waals surface area contributed by atoms with Gasteiger partial charge in [-0.3, -0.25) is 0 Å². The van der Waals surface area contributed by atoms with E-state index in [4.69, 9.17) is 0 Å². The van der Waals surface area contributed by atoms with Crippen molar-refractivity contribution in [1.29, 1.82) is 0 Å². The van der Waals surface area contributed by atoms with Gasteiger partial charge in [0.1, 0.15) is 5.82 Å². The molecule has 1 fully saturated rings. The molecule has 1 heterocycles. The molecule has 3 rings (SSSR count). The highest BCUT2D eigenvalue weighted by molar-refractivity contribution is 7.89. The molecule has 25 heavy (non-hydrogen) atoms. The van der Waals surface area contributed by atoms with Crippen molar-refractivity contribution in [2.24, 2.45) is 0 Å². The molecule has 0 atom stereocenters. The highest BCUT2D eigenvalue weighted by Crippen LogP contribution is 2.30. The molecular weight excluding hydrogens is 341 g/mol. The van der Waals surface area contributed by atoms with E-state index >= 15 is 0 Å². The summed E-state index contributed by atoms with van der Waals surface area (Å²) in [6, 6.07) is 13.5. The molecule has 4 nitrogen and oxygen atoms in total. The van der Waals surface area contributed by atoms with E-state index in [0.717, 1.165) is 11.6 Å². The summed E-state index contributed by atoms with van der Waals surface area (Å²) in [6.07, 6.45) is 1.21. The second-order valence-corrected chi connectivity index (χ2v) is 8.61. The largest absolute Gasteiger partial charge is 0.389 e. The van der Waals surface area contributed by atoms with Gasteiger partial charge in [-0.05, 0) is 43.0 Å². The zero-order chi connectivity index (χ0) is 18.1. The van der Waals surface area contributed by atoms with E-state index < -0.39 is 21.4 Å². The summed E-state index contributed by atoms with van der Waals surface area (Å²) in [5.41, 5.74) is 0.637. The van der Waals surface area contributed by atoms with E-state index in [1.54, 1.807) is 6.92 Å². The highest BCUT2D eigenvalue weighted by atomic mass is 32.2. The van der Waals surface area contributed by atoms with Crippen molar-refractivity contribution in [3.05, 3.63) is 65.5 Å². The Bertz CT molecular complexity index is 844. The van der Waals surface area contributed by atoms with Gasteiger partial charge in [-0.25, -0.2) is 12.8 Å². The van der Waals surface area contributed by atoms with E-state index in [0.29, 0.717) is 24.8 Å². The third-order valence-electron chi connectivity index (χ3n) is 4.80. The SMILES string of the molecule is Cc1ccc(F)cc1S(=O)(=O)N1CCC(O)(Cc2ccccc2)CC1. The van der Waals surface area contributed by atoms with Gasteiger partial charge in [-0.2, -0.15) is 4.31 Å². The molecule has 0 radical (unpaired) electrons. The molecule has 0 unspecified atom stereocenters. The first-order chi connectivity index (χ1) is 11.8. The number of benzene rings is 2. The molecule has 0 aromatic heterocycles. The number of rotatable bonds is 4. The van der Waals surface area contributed by atoms with E-state index in [1.165, 1.54) is 16.4 Å². The minimum Gasteiger partial charge on any atom is -0.389 e. The number of aryl methyl sites for hydroxylation is 1. The molecule has 0 aliphatic carbocycles. The van der Waals surface area contributed by atoms with Crippen molar-refractivity contribution >= 4 is 10.0 Å². The number of halogens is 1. The Kier molecular flexibility index (Phi) is 4.95. The molecule has 1 saturated heterocycles. The number of piperidine rings is 1. The van der Waals surface area contributed by atoms with Crippen molar-refractivity contribution < 1.29 is 17.9 Å². The van der Waals surface area contributed by atoms with E-state index in [2.05, 4.69) is 0 Å². The summed E-state index contributed by atoms with van der Waals surface area (Å²) in [4.78, 5) is 0.000925. The molecule has 1 aliphatic rings. The van der Waals surface area contributed by atoms with Crippen molar-refractivity contribution in [1.82, 2.24) is 4.31 Å². The quantitative estimate of drug-likeness (QED) is 0.909. The summed E-state index contributed by atoms with van der Waals surface area (Å²) >= 11 is 0. The van der Waals surface area contributed by atoms with E-state index in [9.17, 15) is 17.9 Å². The van der Waals surface area contributed by atoms with Crippen molar-refractivity contribution in [2.75, 3.05) is 13.1 Å². The summed E-state index contributed by atoms with van der Waals surface area (Å²) in [6.45, 7) is 2.10. The van der Waals surface area contributed by atoms with Crippen LogP contribution in [0.4, 0.5) is 4.39 Å². The molecular formula is C19H22FNO3S. The Morgan fingerprint density at radius 3 is 2.40 bits per heavy atom. The van der Waals surface area contributed by atoms with Crippen LogP contribution in [0.25, 0.3) is 0 Å². The fourth-order valence-electron chi connectivity index (χ4n) is 3.29. The van der Waals surface area contributed by atoms with Crippen LogP contribution in [0.1, 0.15) is 24.0 Å². The van der Waals surface area contributed by atoms with Crippen LogP contribution in [-0.4, -0.2) is 36.5 Å². The second kappa shape index (κ2) is 6.86. The van der Waals surface area contributed by atoms with Gasteiger partial charge in [-0.1, -0.05) is 36.4 Å². The first-order valence-electron chi connectivity index (χ1n) is 8.33.